The third kappa shape index (κ3) is 5.53. The zero-order chi connectivity index (χ0) is 26.8. The summed E-state index contributed by atoms with van der Waals surface area (Å²) < 4.78 is 17.9. The third-order valence-electron chi connectivity index (χ3n) is 7.58. The number of guanidine groups is 1. The fourth-order valence-corrected chi connectivity index (χ4v) is 7.17. The Labute approximate surface area is 237 Å². The molecule has 3 atom stereocenters. The molecular weight excluding hydrogens is 544 g/mol. The predicted molar refractivity (Wildman–Crippen MR) is 155 cm³/mol. The molecule has 1 aliphatic heterocycles. The molecule has 0 radical (unpaired) electrons. The second kappa shape index (κ2) is 11.6. The Morgan fingerprint density at radius 2 is 2.03 bits per heavy atom. The molecule has 3 N–H and O–H groups in total. The molecule has 3 unspecified atom stereocenters. The third-order valence-corrected chi connectivity index (χ3v) is 9.10. The van der Waals surface area contributed by atoms with Crippen molar-refractivity contribution in [3.8, 4) is 22.8 Å². The maximum Gasteiger partial charge on any atom is 0.266 e. The molecule has 1 amide bonds. The van der Waals surface area contributed by atoms with Crippen LogP contribution in [0.25, 0.3) is 17.4 Å². The summed E-state index contributed by atoms with van der Waals surface area (Å²) in [6.45, 7) is 0.491. The van der Waals surface area contributed by atoms with Crippen LogP contribution in [-0.4, -0.2) is 47.9 Å². The molecule has 202 valence electrons. The van der Waals surface area contributed by atoms with Crippen LogP contribution in [0.1, 0.15) is 43.4 Å². The van der Waals surface area contributed by atoms with Crippen molar-refractivity contribution in [1.29, 1.82) is 0 Å². The van der Waals surface area contributed by atoms with Gasteiger partial charge in [0, 0.05) is 42.1 Å². The van der Waals surface area contributed by atoms with Crippen molar-refractivity contribution < 1.29 is 18.7 Å². The van der Waals surface area contributed by atoms with E-state index in [0.717, 1.165) is 23.5 Å². The number of thiocarbonyl (C=S) groups is 1. The first-order chi connectivity index (χ1) is 18.4. The number of amides is 1. The van der Waals surface area contributed by atoms with Gasteiger partial charge in [-0.25, -0.2) is 0 Å². The summed E-state index contributed by atoms with van der Waals surface area (Å²) in [5, 5.41) is 0. The number of hydrogen-bond donors (Lipinski definition) is 2. The lowest BCUT2D eigenvalue weighted by Gasteiger charge is -2.30. The number of nitrogens with zero attached hydrogens (tertiary/aromatic N) is 2. The summed E-state index contributed by atoms with van der Waals surface area (Å²) >= 11 is 12.5. The second-order valence-corrected chi connectivity index (χ2v) is 11.7. The standard InChI is InChI=1S/C27H31ClN4O4S2/c1-34-19-10-18(11-20(13-19)35-2)22-12-17(4-3-7-30-26(29)31-28)23(36-22)14-24-25(33)32(27(37)38-24)21-9-15-5-6-16(21)8-15/h10-16,21H,3-9H2,1-2H3,(H3,29,30,31)/b24-14-. The Hall–Kier alpha value is -2.69. The van der Waals surface area contributed by atoms with E-state index in [0.29, 0.717) is 57.5 Å². The first-order valence-electron chi connectivity index (χ1n) is 12.7. The lowest BCUT2D eigenvalue weighted by molar-refractivity contribution is -0.124. The highest BCUT2D eigenvalue weighted by Gasteiger charge is 2.48. The Bertz CT molecular complexity index is 1270. The number of carbonyl (C=O) groups is 1. The molecule has 2 aromatic rings. The number of thioether (sulfide) groups is 1. The molecule has 1 aromatic heterocycles. The zero-order valence-electron chi connectivity index (χ0n) is 21.4. The lowest BCUT2D eigenvalue weighted by atomic mass is 9.94. The molecule has 2 saturated carbocycles. The fraction of sp³-hybridized carbons (Fsp3) is 0.444. The lowest BCUT2D eigenvalue weighted by Crippen LogP contribution is -2.41. The van der Waals surface area contributed by atoms with Gasteiger partial charge in [-0.15, -0.1) is 0 Å². The Morgan fingerprint density at radius 1 is 1.26 bits per heavy atom. The number of fused-ring (bicyclic) bond motifs is 2. The molecule has 1 saturated heterocycles. The van der Waals surface area contributed by atoms with Crippen LogP contribution in [0, 0.1) is 11.8 Å². The van der Waals surface area contributed by atoms with E-state index in [1.807, 2.05) is 35.2 Å². The highest BCUT2D eigenvalue weighted by atomic mass is 35.5. The highest BCUT2D eigenvalue weighted by Crippen LogP contribution is 2.49. The van der Waals surface area contributed by atoms with Gasteiger partial charge in [0.15, 0.2) is 0 Å². The second-order valence-electron chi connectivity index (χ2n) is 9.86. The molecule has 2 bridgehead atoms. The molecule has 1 aromatic carbocycles. The van der Waals surface area contributed by atoms with Gasteiger partial charge in [-0.05, 0) is 67.7 Å². The van der Waals surface area contributed by atoms with Crippen LogP contribution >= 0.6 is 35.8 Å². The van der Waals surface area contributed by atoms with E-state index in [1.165, 1.54) is 31.0 Å². The quantitative estimate of drug-likeness (QED) is 0.103. The highest BCUT2D eigenvalue weighted by molar-refractivity contribution is 8.26. The summed E-state index contributed by atoms with van der Waals surface area (Å²) in [7, 11) is 3.22. The maximum atomic E-state index is 13.5. The number of aryl methyl sites for hydroxylation is 1. The largest absolute Gasteiger partial charge is 0.497 e. The summed E-state index contributed by atoms with van der Waals surface area (Å²) in [5.41, 5.74) is 7.41. The van der Waals surface area contributed by atoms with Crippen molar-refractivity contribution >= 4 is 58.0 Å². The first-order valence-corrected chi connectivity index (χ1v) is 14.3. The van der Waals surface area contributed by atoms with E-state index in [1.54, 1.807) is 14.2 Å². The summed E-state index contributed by atoms with van der Waals surface area (Å²) in [4.78, 5) is 22.5. The number of ether oxygens (including phenoxy) is 2. The summed E-state index contributed by atoms with van der Waals surface area (Å²) in [5.74, 6) is 4.03. The molecule has 8 nitrogen and oxygen atoms in total. The number of furan rings is 1. The molecule has 5 rings (SSSR count). The fourth-order valence-electron chi connectivity index (χ4n) is 5.76. The van der Waals surface area contributed by atoms with Gasteiger partial charge in [0.1, 0.15) is 27.3 Å². The Balaban J connectivity index is 1.44. The minimum absolute atomic E-state index is 0.0185. The van der Waals surface area contributed by atoms with Gasteiger partial charge in [-0.1, -0.05) is 30.4 Å². The topological polar surface area (TPSA) is 102 Å². The number of benzene rings is 1. The summed E-state index contributed by atoms with van der Waals surface area (Å²) in [6.07, 6.45) is 7.95. The van der Waals surface area contributed by atoms with Gasteiger partial charge >= 0.3 is 0 Å². The smallest absolute Gasteiger partial charge is 0.266 e. The van der Waals surface area contributed by atoms with Gasteiger partial charge in [0.25, 0.3) is 5.91 Å². The average molecular weight is 575 g/mol. The van der Waals surface area contributed by atoms with Crippen LogP contribution in [0.5, 0.6) is 11.5 Å². The van der Waals surface area contributed by atoms with Gasteiger partial charge in [-0.2, -0.15) is 0 Å². The molecule has 38 heavy (non-hydrogen) atoms. The minimum atomic E-state index is -0.0185. The van der Waals surface area contributed by atoms with E-state index < -0.39 is 0 Å². The number of carbonyl (C=O) groups excluding carboxylic acids is 1. The summed E-state index contributed by atoms with van der Waals surface area (Å²) in [6, 6.07) is 7.80. The number of halogens is 1. The molecule has 3 aliphatic rings. The molecule has 3 fully saturated rings. The Kier molecular flexibility index (Phi) is 8.20. The van der Waals surface area contributed by atoms with Crippen LogP contribution in [0.2, 0.25) is 0 Å². The molecule has 0 spiro atoms. The van der Waals surface area contributed by atoms with Crippen molar-refractivity contribution in [3.05, 3.63) is 40.5 Å². The van der Waals surface area contributed by atoms with Gasteiger partial charge < -0.3 is 19.6 Å². The molecule has 11 heteroatoms. The van der Waals surface area contributed by atoms with Crippen LogP contribution in [0.3, 0.4) is 0 Å². The monoisotopic (exact) mass is 574 g/mol. The SMILES string of the molecule is COc1cc(OC)cc(-c2cc(CCCN=C(N)NCl)c(/C=C3\SC(=S)N(C4CC5CCC4C5)C3=O)o2)c1. The number of methoxy groups -OCH3 is 2. The number of rotatable bonds is 9. The van der Waals surface area contributed by atoms with Crippen LogP contribution in [-0.2, 0) is 11.2 Å². The van der Waals surface area contributed by atoms with Gasteiger partial charge in [-0.3, -0.25) is 19.5 Å². The van der Waals surface area contributed by atoms with Crippen molar-refractivity contribution in [1.82, 2.24) is 9.74 Å². The van der Waals surface area contributed by atoms with Crippen molar-refractivity contribution in [2.45, 2.75) is 44.6 Å². The van der Waals surface area contributed by atoms with E-state index in [9.17, 15) is 4.79 Å². The first kappa shape index (κ1) is 26.9. The Morgan fingerprint density at radius 3 is 2.66 bits per heavy atom. The maximum absolute atomic E-state index is 13.5. The van der Waals surface area contributed by atoms with E-state index in [4.69, 9.17) is 43.6 Å². The number of nitrogens with two attached hydrogens (primary N) is 1. The van der Waals surface area contributed by atoms with Gasteiger partial charge in [0.05, 0.1) is 19.1 Å². The van der Waals surface area contributed by atoms with Crippen LogP contribution in [0.4, 0.5) is 0 Å². The zero-order valence-corrected chi connectivity index (χ0v) is 23.8. The number of hydrogen-bond acceptors (Lipinski definition) is 7. The molecule has 2 aliphatic carbocycles. The van der Waals surface area contributed by atoms with Crippen molar-refractivity contribution in [2.24, 2.45) is 22.6 Å². The predicted octanol–water partition coefficient (Wildman–Crippen LogP) is 5.34. The van der Waals surface area contributed by atoms with Crippen LogP contribution in [0.15, 0.2) is 38.6 Å². The average Bonchev–Trinajstić information content (AvgIpc) is 3.71. The van der Waals surface area contributed by atoms with E-state index in [-0.39, 0.29) is 17.9 Å². The van der Waals surface area contributed by atoms with Crippen molar-refractivity contribution in [2.75, 3.05) is 20.8 Å². The molecule has 2 heterocycles. The van der Waals surface area contributed by atoms with E-state index >= 15 is 0 Å². The number of aliphatic imine (C=N–C) groups is 1. The molecular formula is C27H31ClN4O4S2. The number of nitrogens with one attached hydrogen (secondary N) is 1. The van der Waals surface area contributed by atoms with Crippen LogP contribution < -0.4 is 20.0 Å². The normalized spacial score (nSPS) is 24.1. The van der Waals surface area contributed by atoms with E-state index in [2.05, 4.69) is 9.83 Å². The van der Waals surface area contributed by atoms with Crippen molar-refractivity contribution in [3.63, 3.8) is 0 Å². The van der Waals surface area contributed by atoms with Gasteiger partial charge in [0.2, 0.25) is 5.96 Å². The minimum Gasteiger partial charge on any atom is -0.497 e.